The molecule has 0 amide bonds. The monoisotopic (exact) mass is 293 g/mol. The number of nitrogens with two attached hydrogens (primary N) is 1. The second-order valence-electron chi connectivity index (χ2n) is 5.92. The SMILES string of the molecule is CCOC(=O)C1CNc2nc(C3CCC(N)CC3)nn2C1. The summed E-state index contributed by atoms with van der Waals surface area (Å²) in [7, 11) is 0. The molecule has 1 unspecified atom stereocenters. The number of nitrogens with zero attached hydrogens (tertiary/aromatic N) is 3. The Balaban J connectivity index is 1.68. The van der Waals surface area contributed by atoms with Crippen LogP contribution in [0.4, 0.5) is 5.95 Å². The maximum Gasteiger partial charge on any atom is 0.312 e. The molecule has 2 heterocycles. The number of esters is 1. The van der Waals surface area contributed by atoms with Crippen LogP contribution in [0.25, 0.3) is 0 Å². The molecule has 7 heteroatoms. The molecule has 1 saturated carbocycles. The van der Waals surface area contributed by atoms with Crippen molar-refractivity contribution in [3.63, 3.8) is 0 Å². The number of hydrogen-bond donors (Lipinski definition) is 2. The molecule has 3 N–H and O–H groups in total. The van der Waals surface area contributed by atoms with Gasteiger partial charge in [-0.15, -0.1) is 0 Å². The van der Waals surface area contributed by atoms with Gasteiger partial charge in [0.15, 0.2) is 5.82 Å². The molecule has 1 atom stereocenters. The van der Waals surface area contributed by atoms with E-state index in [9.17, 15) is 4.79 Å². The molecule has 1 aliphatic carbocycles. The van der Waals surface area contributed by atoms with Gasteiger partial charge < -0.3 is 15.8 Å². The number of ether oxygens (including phenoxy) is 1. The maximum atomic E-state index is 11.8. The molecule has 1 fully saturated rings. The molecule has 21 heavy (non-hydrogen) atoms. The third-order valence-corrected chi connectivity index (χ3v) is 4.34. The van der Waals surface area contributed by atoms with E-state index < -0.39 is 0 Å². The van der Waals surface area contributed by atoms with E-state index in [0.29, 0.717) is 31.7 Å². The minimum absolute atomic E-state index is 0.170. The molecule has 0 bridgehead atoms. The lowest BCUT2D eigenvalue weighted by molar-refractivity contribution is -0.148. The van der Waals surface area contributed by atoms with E-state index >= 15 is 0 Å². The first kappa shape index (κ1) is 14.3. The molecule has 116 valence electrons. The van der Waals surface area contributed by atoms with Gasteiger partial charge in [-0.1, -0.05) is 0 Å². The van der Waals surface area contributed by atoms with Crippen LogP contribution in [-0.4, -0.2) is 39.9 Å². The molecule has 3 rings (SSSR count). The normalized spacial score (nSPS) is 28.6. The van der Waals surface area contributed by atoms with Crippen molar-refractivity contribution >= 4 is 11.9 Å². The topological polar surface area (TPSA) is 95.1 Å². The summed E-state index contributed by atoms with van der Waals surface area (Å²) in [5, 5.41) is 7.77. The summed E-state index contributed by atoms with van der Waals surface area (Å²) >= 11 is 0. The average molecular weight is 293 g/mol. The number of hydrogen-bond acceptors (Lipinski definition) is 6. The van der Waals surface area contributed by atoms with E-state index in [0.717, 1.165) is 37.5 Å². The fourth-order valence-corrected chi connectivity index (χ4v) is 3.07. The first-order valence-electron chi connectivity index (χ1n) is 7.78. The van der Waals surface area contributed by atoms with Gasteiger partial charge in [0.05, 0.1) is 19.1 Å². The third kappa shape index (κ3) is 3.02. The van der Waals surface area contributed by atoms with Crippen LogP contribution in [0.3, 0.4) is 0 Å². The van der Waals surface area contributed by atoms with Crippen LogP contribution in [-0.2, 0) is 16.1 Å². The standard InChI is InChI=1S/C14H23N5O2/c1-2-21-13(20)10-7-16-14-17-12(18-19(14)8-10)9-3-5-11(15)6-4-9/h9-11H,2-8,15H2,1H3,(H,16,17,18). The number of nitrogens with one attached hydrogen (secondary N) is 1. The van der Waals surface area contributed by atoms with Gasteiger partial charge >= 0.3 is 5.97 Å². The number of carbonyl (C=O) groups excluding carboxylic acids is 1. The molecule has 0 spiro atoms. The lowest BCUT2D eigenvalue weighted by Gasteiger charge is -2.23. The number of carbonyl (C=O) groups is 1. The van der Waals surface area contributed by atoms with Crippen molar-refractivity contribution in [2.45, 2.75) is 51.1 Å². The molecule has 0 saturated heterocycles. The van der Waals surface area contributed by atoms with Crippen molar-refractivity contribution in [2.75, 3.05) is 18.5 Å². The third-order valence-electron chi connectivity index (χ3n) is 4.34. The van der Waals surface area contributed by atoms with E-state index in [1.807, 2.05) is 6.92 Å². The van der Waals surface area contributed by atoms with Gasteiger partial charge in [0.25, 0.3) is 0 Å². The van der Waals surface area contributed by atoms with Gasteiger partial charge in [-0.25, -0.2) is 4.68 Å². The second kappa shape index (κ2) is 6.01. The molecular formula is C14H23N5O2. The summed E-state index contributed by atoms with van der Waals surface area (Å²) in [4.78, 5) is 16.4. The summed E-state index contributed by atoms with van der Waals surface area (Å²) in [6, 6.07) is 0.324. The van der Waals surface area contributed by atoms with Crippen molar-refractivity contribution in [2.24, 2.45) is 11.7 Å². The van der Waals surface area contributed by atoms with E-state index in [1.165, 1.54) is 0 Å². The van der Waals surface area contributed by atoms with Crippen LogP contribution in [0.2, 0.25) is 0 Å². The molecule has 1 aromatic heterocycles. The zero-order valence-corrected chi connectivity index (χ0v) is 12.4. The van der Waals surface area contributed by atoms with E-state index in [2.05, 4.69) is 15.4 Å². The molecule has 1 aromatic rings. The van der Waals surface area contributed by atoms with Crippen LogP contribution in [0.1, 0.15) is 44.3 Å². The smallest absolute Gasteiger partial charge is 0.312 e. The highest BCUT2D eigenvalue weighted by Crippen LogP contribution is 2.31. The van der Waals surface area contributed by atoms with E-state index in [-0.39, 0.29) is 11.9 Å². The second-order valence-corrected chi connectivity index (χ2v) is 5.92. The number of rotatable bonds is 3. The van der Waals surface area contributed by atoms with Crippen molar-refractivity contribution in [3.8, 4) is 0 Å². The van der Waals surface area contributed by atoms with Gasteiger partial charge in [-0.2, -0.15) is 10.1 Å². The highest BCUT2D eigenvalue weighted by molar-refractivity contribution is 5.73. The van der Waals surface area contributed by atoms with E-state index in [1.54, 1.807) is 4.68 Å². The van der Waals surface area contributed by atoms with Crippen molar-refractivity contribution in [1.82, 2.24) is 14.8 Å². The summed E-state index contributed by atoms with van der Waals surface area (Å²) in [6.07, 6.45) is 4.17. The van der Waals surface area contributed by atoms with Crippen molar-refractivity contribution in [1.29, 1.82) is 0 Å². The van der Waals surface area contributed by atoms with Crippen LogP contribution >= 0.6 is 0 Å². The van der Waals surface area contributed by atoms with Gasteiger partial charge in [0.2, 0.25) is 5.95 Å². The zero-order valence-electron chi connectivity index (χ0n) is 12.4. The Morgan fingerprint density at radius 3 is 2.90 bits per heavy atom. The van der Waals surface area contributed by atoms with Crippen LogP contribution in [0.5, 0.6) is 0 Å². The fraction of sp³-hybridized carbons (Fsp3) is 0.786. The molecular weight excluding hydrogens is 270 g/mol. The Labute approximate surface area is 124 Å². The summed E-state index contributed by atoms with van der Waals surface area (Å²) in [5.41, 5.74) is 5.94. The fourth-order valence-electron chi connectivity index (χ4n) is 3.07. The number of anilines is 1. The van der Waals surface area contributed by atoms with Gasteiger partial charge in [-0.3, -0.25) is 4.79 Å². The van der Waals surface area contributed by atoms with Crippen LogP contribution < -0.4 is 11.1 Å². The lowest BCUT2D eigenvalue weighted by atomic mass is 9.86. The lowest BCUT2D eigenvalue weighted by Crippen LogP contribution is -2.34. The Bertz CT molecular complexity index is 507. The molecule has 0 aromatic carbocycles. The average Bonchev–Trinajstić information content (AvgIpc) is 2.91. The van der Waals surface area contributed by atoms with Gasteiger partial charge in [-0.05, 0) is 32.6 Å². The molecule has 0 radical (unpaired) electrons. The Kier molecular flexibility index (Phi) is 4.10. The highest BCUT2D eigenvalue weighted by atomic mass is 16.5. The summed E-state index contributed by atoms with van der Waals surface area (Å²) in [6.45, 7) is 3.33. The predicted molar refractivity (Wildman–Crippen MR) is 77.8 cm³/mol. The number of aromatic nitrogens is 3. The van der Waals surface area contributed by atoms with Crippen molar-refractivity contribution < 1.29 is 9.53 Å². The number of fused-ring (bicyclic) bond motifs is 1. The molecule has 1 aliphatic heterocycles. The first-order valence-corrected chi connectivity index (χ1v) is 7.78. The van der Waals surface area contributed by atoms with Crippen LogP contribution in [0.15, 0.2) is 0 Å². The zero-order chi connectivity index (χ0) is 14.8. The highest BCUT2D eigenvalue weighted by Gasteiger charge is 2.30. The Morgan fingerprint density at radius 2 is 2.19 bits per heavy atom. The molecule has 2 aliphatic rings. The maximum absolute atomic E-state index is 11.8. The summed E-state index contributed by atoms with van der Waals surface area (Å²) in [5.74, 6) is 1.68. The molecule has 7 nitrogen and oxygen atoms in total. The Morgan fingerprint density at radius 1 is 1.43 bits per heavy atom. The first-order chi connectivity index (χ1) is 10.2. The minimum Gasteiger partial charge on any atom is -0.466 e. The quantitative estimate of drug-likeness (QED) is 0.803. The van der Waals surface area contributed by atoms with Gasteiger partial charge in [0.1, 0.15) is 0 Å². The summed E-state index contributed by atoms with van der Waals surface area (Å²) < 4.78 is 6.88. The largest absolute Gasteiger partial charge is 0.466 e. The predicted octanol–water partition coefficient (Wildman–Crippen LogP) is 0.868. The minimum atomic E-state index is -0.188. The van der Waals surface area contributed by atoms with Crippen LogP contribution in [0, 0.1) is 5.92 Å². The Hall–Kier alpha value is -1.63. The van der Waals surface area contributed by atoms with E-state index in [4.69, 9.17) is 10.5 Å². The van der Waals surface area contributed by atoms with Crippen molar-refractivity contribution in [3.05, 3.63) is 5.82 Å². The van der Waals surface area contributed by atoms with Gasteiger partial charge in [0, 0.05) is 18.5 Å².